The van der Waals surface area contributed by atoms with Crippen LogP contribution in [-0.4, -0.2) is 39.4 Å². The van der Waals surface area contributed by atoms with Crippen molar-refractivity contribution in [3.05, 3.63) is 96.3 Å². The van der Waals surface area contributed by atoms with Crippen molar-refractivity contribution in [1.82, 2.24) is 19.8 Å². The van der Waals surface area contributed by atoms with E-state index in [2.05, 4.69) is 10.3 Å². The Morgan fingerprint density at radius 1 is 0.879 bits per heavy atom. The van der Waals surface area contributed by atoms with E-state index in [1.54, 1.807) is 6.33 Å². The topological polar surface area (TPSA) is 67.2 Å². The van der Waals surface area contributed by atoms with Crippen molar-refractivity contribution in [2.75, 3.05) is 13.1 Å². The van der Waals surface area contributed by atoms with Crippen LogP contribution in [-0.2, 0) is 11.3 Å². The van der Waals surface area contributed by atoms with Gasteiger partial charge in [0, 0.05) is 36.8 Å². The molecule has 166 valence electrons. The summed E-state index contributed by atoms with van der Waals surface area (Å²) >= 11 is 0. The molecule has 6 heteroatoms. The van der Waals surface area contributed by atoms with Gasteiger partial charge in [0.2, 0.25) is 5.91 Å². The zero-order chi connectivity index (χ0) is 22.6. The van der Waals surface area contributed by atoms with Gasteiger partial charge in [0.15, 0.2) is 0 Å². The van der Waals surface area contributed by atoms with E-state index in [1.807, 2.05) is 88.3 Å². The van der Waals surface area contributed by atoms with Crippen molar-refractivity contribution in [3.8, 4) is 5.69 Å². The molecule has 1 N–H and O–H groups in total. The van der Waals surface area contributed by atoms with Gasteiger partial charge < -0.3 is 10.2 Å². The lowest BCUT2D eigenvalue weighted by Gasteiger charge is -2.31. The first-order valence-corrected chi connectivity index (χ1v) is 11.3. The lowest BCUT2D eigenvalue weighted by molar-refractivity contribution is -0.126. The molecule has 0 aliphatic carbocycles. The number of benzene rings is 3. The molecule has 5 rings (SSSR count). The molecule has 0 unspecified atom stereocenters. The Kier molecular flexibility index (Phi) is 5.89. The third kappa shape index (κ3) is 4.51. The largest absolute Gasteiger partial charge is 0.352 e. The molecule has 6 nitrogen and oxygen atoms in total. The predicted molar refractivity (Wildman–Crippen MR) is 128 cm³/mol. The Bertz CT molecular complexity index is 1260. The number of amides is 2. The SMILES string of the molecule is O=C(NCc1ccccc1)C1CCN(C(=O)c2ccc(-n3cnc4ccccc43)cc2)CC1. The summed E-state index contributed by atoms with van der Waals surface area (Å²) in [6, 6.07) is 25.5. The molecular weight excluding hydrogens is 412 g/mol. The molecule has 1 aromatic heterocycles. The molecule has 1 saturated heterocycles. The fraction of sp³-hybridized carbons (Fsp3) is 0.222. The Balaban J connectivity index is 1.17. The maximum Gasteiger partial charge on any atom is 0.253 e. The molecule has 1 fully saturated rings. The van der Waals surface area contributed by atoms with Crippen LogP contribution in [0.1, 0.15) is 28.8 Å². The minimum atomic E-state index is -0.0466. The van der Waals surface area contributed by atoms with Crippen LogP contribution in [0.15, 0.2) is 85.2 Å². The number of nitrogens with zero attached hydrogens (tertiary/aromatic N) is 3. The van der Waals surface area contributed by atoms with E-state index >= 15 is 0 Å². The predicted octanol–water partition coefficient (Wildman–Crippen LogP) is 4.19. The highest BCUT2D eigenvalue weighted by Gasteiger charge is 2.27. The molecule has 0 radical (unpaired) electrons. The monoisotopic (exact) mass is 438 g/mol. The van der Waals surface area contributed by atoms with Crippen molar-refractivity contribution < 1.29 is 9.59 Å². The van der Waals surface area contributed by atoms with E-state index in [4.69, 9.17) is 0 Å². The molecule has 0 spiro atoms. The van der Waals surface area contributed by atoms with E-state index in [9.17, 15) is 9.59 Å². The number of carbonyl (C=O) groups excluding carboxylic acids is 2. The lowest BCUT2D eigenvalue weighted by Crippen LogP contribution is -2.42. The summed E-state index contributed by atoms with van der Waals surface area (Å²) in [6.07, 6.45) is 3.17. The maximum absolute atomic E-state index is 13.0. The third-order valence-corrected chi connectivity index (χ3v) is 6.31. The van der Waals surface area contributed by atoms with Crippen LogP contribution >= 0.6 is 0 Å². The van der Waals surface area contributed by atoms with Gasteiger partial charge in [0.1, 0.15) is 6.33 Å². The Morgan fingerprint density at radius 2 is 1.58 bits per heavy atom. The molecule has 0 saturated carbocycles. The van der Waals surface area contributed by atoms with E-state index in [1.165, 1.54) is 0 Å². The molecule has 1 aliphatic heterocycles. The second-order valence-electron chi connectivity index (χ2n) is 8.42. The van der Waals surface area contributed by atoms with Crippen molar-refractivity contribution in [1.29, 1.82) is 0 Å². The Hall–Kier alpha value is -3.93. The number of aromatic nitrogens is 2. The van der Waals surface area contributed by atoms with Crippen LogP contribution in [0.3, 0.4) is 0 Å². The molecular formula is C27H26N4O2. The first-order chi connectivity index (χ1) is 16.2. The van der Waals surface area contributed by atoms with E-state index in [0.29, 0.717) is 38.0 Å². The summed E-state index contributed by atoms with van der Waals surface area (Å²) in [5, 5.41) is 3.03. The minimum absolute atomic E-state index is 0.0141. The summed E-state index contributed by atoms with van der Waals surface area (Å²) in [5.74, 6) is 0.0395. The summed E-state index contributed by atoms with van der Waals surface area (Å²) in [7, 11) is 0. The van der Waals surface area contributed by atoms with Crippen molar-refractivity contribution in [3.63, 3.8) is 0 Å². The van der Waals surface area contributed by atoms with Gasteiger partial charge in [-0.25, -0.2) is 4.98 Å². The normalized spacial score (nSPS) is 14.4. The second-order valence-corrected chi connectivity index (χ2v) is 8.42. The average Bonchev–Trinajstić information content (AvgIpc) is 3.32. The molecule has 0 bridgehead atoms. The van der Waals surface area contributed by atoms with Gasteiger partial charge in [0.05, 0.1) is 11.0 Å². The van der Waals surface area contributed by atoms with Gasteiger partial charge in [-0.3, -0.25) is 14.2 Å². The van der Waals surface area contributed by atoms with Crippen molar-refractivity contribution in [2.24, 2.45) is 5.92 Å². The van der Waals surface area contributed by atoms with Crippen LogP contribution < -0.4 is 5.32 Å². The molecule has 4 aromatic rings. The van der Waals surface area contributed by atoms with Crippen molar-refractivity contribution >= 4 is 22.8 Å². The Labute approximate surface area is 192 Å². The zero-order valence-corrected chi connectivity index (χ0v) is 18.4. The van der Waals surface area contributed by atoms with Gasteiger partial charge in [-0.1, -0.05) is 42.5 Å². The lowest BCUT2D eigenvalue weighted by atomic mass is 9.95. The summed E-state index contributed by atoms with van der Waals surface area (Å²) in [6.45, 7) is 1.73. The van der Waals surface area contributed by atoms with Gasteiger partial charge >= 0.3 is 0 Å². The van der Waals surface area contributed by atoms with Crippen LogP contribution in [0.25, 0.3) is 16.7 Å². The number of likely N-dealkylation sites (tertiary alicyclic amines) is 1. The molecule has 33 heavy (non-hydrogen) atoms. The summed E-state index contributed by atoms with van der Waals surface area (Å²) < 4.78 is 2.02. The van der Waals surface area contributed by atoms with E-state index in [0.717, 1.165) is 22.3 Å². The van der Waals surface area contributed by atoms with E-state index in [-0.39, 0.29) is 17.7 Å². The zero-order valence-electron chi connectivity index (χ0n) is 18.4. The quantitative estimate of drug-likeness (QED) is 0.508. The minimum Gasteiger partial charge on any atom is -0.352 e. The maximum atomic E-state index is 13.0. The first-order valence-electron chi connectivity index (χ1n) is 11.3. The number of fused-ring (bicyclic) bond motifs is 1. The number of imidazole rings is 1. The highest BCUT2D eigenvalue weighted by atomic mass is 16.2. The first kappa shape index (κ1) is 20.9. The Morgan fingerprint density at radius 3 is 2.33 bits per heavy atom. The highest BCUT2D eigenvalue weighted by Crippen LogP contribution is 2.22. The summed E-state index contributed by atoms with van der Waals surface area (Å²) in [4.78, 5) is 31.8. The third-order valence-electron chi connectivity index (χ3n) is 6.31. The number of rotatable bonds is 5. The standard InChI is InChI=1S/C27H26N4O2/c32-26(28-18-20-6-2-1-3-7-20)21-14-16-30(17-15-21)27(33)22-10-12-23(13-11-22)31-19-29-24-8-4-5-9-25(24)31/h1-13,19,21H,14-18H2,(H,28,32). The van der Waals surface area contributed by atoms with Gasteiger partial charge in [-0.15, -0.1) is 0 Å². The van der Waals surface area contributed by atoms with Gasteiger partial charge in [-0.05, 0) is 54.8 Å². The number of piperidine rings is 1. The second kappa shape index (κ2) is 9.28. The fourth-order valence-electron chi connectivity index (χ4n) is 4.39. The number of hydrogen-bond acceptors (Lipinski definition) is 3. The van der Waals surface area contributed by atoms with Crippen LogP contribution in [0, 0.1) is 5.92 Å². The average molecular weight is 439 g/mol. The molecule has 2 heterocycles. The fourth-order valence-corrected chi connectivity index (χ4v) is 4.39. The molecule has 3 aromatic carbocycles. The van der Waals surface area contributed by atoms with E-state index < -0.39 is 0 Å². The molecule has 1 aliphatic rings. The van der Waals surface area contributed by atoms with Crippen LogP contribution in [0.4, 0.5) is 0 Å². The van der Waals surface area contributed by atoms with Crippen molar-refractivity contribution in [2.45, 2.75) is 19.4 Å². The number of hydrogen-bond donors (Lipinski definition) is 1. The van der Waals surface area contributed by atoms with Gasteiger partial charge in [-0.2, -0.15) is 0 Å². The van der Waals surface area contributed by atoms with Crippen LogP contribution in [0.5, 0.6) is 0 Å². The molecule has 2 amide bonds. The number of carbonyl (C=O) groups is 2. The van der Waals surface area contributed by atoms with Crippen LogP contribution in [0.2, 0.25) is 0 Å². The highest BCUT2D eigenvalue weighted by molar-refractivity contribution is 5.94. The summed E-state index contributed by atoms with van der Waals surface area (Å²) in [5.41, 5.74) is 4.69. The smallest absolute Gasteiger partial charge is 0.253 e. The molecule has 0 atom stereocenters. The number of para-hydroxylation sites is 2. The van der Waals surface area contributed by atoms with Gasteiger partial charge in [0.25, 0.3) is 5.91 Å². The number of nitrogens with one attached hydrogen (secondary N) is 1.